The van der Waals surface area contributed by atoms with E-state index in [9.17, 15) is 5.11 Å². The molecule has 0 aromatic carbocycles. The molecule has 0 amide bonds. The molecule has 0 aliphatic heterocycles. The van der Waals surface area contributed by atoms with Crippen LogP contribution >= 0.6 is 11.3 Å². The molecule has 2 heteroatoms. The molecule has 1 fully saturated rings. The van der Waals surface area contributed by atoms with Gasteiger partial charge in [-0.15, -0.1) is 0 Å². The Morgan fingerprint density at radius 1 is 1.41 bits per heavy atom. The fourth-order valence-corrected chi connectivity index (χ4v) is 4.09. The fourth-order valence-electron chi connectivity index (χ4n) is 3.42. The van der Waals surface area contributed by atoms with Gasteiger partial charge in [0.25, 0.3) is 0 Å². The lowest BCUT2D eigenvalue weighted by Crippen LogP contribution is -2.48. The van der Waals surface area contributed by atoms with E-state index in [-0.39, 0.29) is 5.41 Å². The highest BCUT2D eigenvalue weighted by molar-refractivity contribution is 7.07. The molecule has 0 saturated heterocycles. The molecule has 1 aromatic rings. The Balaban J connectivity index is 2.19. The second-order valence-electron chi connectivity index (χ2n) is 6.58. The minimum Gasteiger partial charge on any atom is -0.389 e. The van der Waals surface area contributed by atoms with Crippen LogP contribution in [0.5, 0.6) is 0 Å². The molecule has 1 saturated carbocycles. The maximum Gasteiger partial charge on any atom is 0.0721 e. The fraction of sp³-hybridized carbons (Fsp3) is 0.733. The van der Waals surface area contributed by atoms with Crippen molar-refractivity contribution < 1.29 is 5.11 Å². The van der Waals surface area contributed by atoms with Gasteiger partial charge in [-0.3, -0.25) is 0 Å². The van der Waals surface area contributed by atoms with Gasteiger partial charge in [0.2, 0.25) is 0 Å². The van der Waals surface area contributed by atoms with Crippen molar-refractivity contribution >= 4 is 11.3 Å². The van der Waals surface area contributed by atoms with E-state index >= 15 is 0 Å². The van der Waals surface area contributed by atoms with Gasteiger partial charge >= 0.3 is 0 Å². The predicted octanol–water partition coefficient (Wildman–Crippen LogP) is 4.26. The summed E-state index contributed by atoms with van der Waals surface area (Å²) >= 11 is 1.72. The van der Waals surface area contributed by atoms with E-state index in [4.69, 9.17) is 0 Å². The SMILES string of the molecule is CC(C)(C)C1CCCCC1(O)Cc1ccsc1. The van der Waals surface area contributed by atoms with Crippen LogP contribution in [-0.4, -0.2) is 10.7 Å². The summed E-state index contributed by atoms with van der Waals surface area (Å²) in [5.74, 6) is 0.420. The van der Waals surface area contributed by atoms with Gasteiger partial charge in [-0.2, -0.15) is 11.3 Å². The molecular weight excluding hydrogens is 228 g/mol. The summed E-state index contributed by atoms with van der Waals surface area (Å²) in [5.41, 5.74) is 1.01. The van der Waals surface area contributed by atoms with Gasteiger partial charge in [-0.05, 0) is 46.6 Å². The number of rotatable bonds is 2. The van der Waals surface area contributed by atoms with Crippen molar-refractivity contribution in [2.24, 2.45) is 11.3 Å². The van der Waals surface area contributed by atoms with E-state index in [2.05, 4.69) is 37.6 Å². The van der Waals surface area contributed by atoms with Gasteiger partial charge in [-0.1, -0.05) is 33.6 Å². The van der Waals surface area contributed by atoms with E-state index in [1.807, 2.05) is 0 Å². The first-order chi connectivity index (χ1) is 7.92. The van der Waals surface area contributed by atoms with Crippen LogP contribution in [0.4, 0.5) is 0 Å². The van der Waals surface area contributed by atoms with Gasteiger partial charge in [0, 0.05) is 6.42 Å². The molecule has 1 aliphatic carbocycles. The normalized spacial score (nSPS) is 30.5. The Bertz CT molecular complexity index is 349. The second-order valence-corrected chi connectivity index (χ2v) is 7.36. The van der Waals surface area contributed by atoms with Crippen LogP contribution in [0.2, 0.25) is 0 Å². The zero-order valence-electron chi connectivity index (χ0n) is 11.2. The number of aliphatic hydroxyl groups is 1. The van der Waals surface area contributed by atoms with Crippen LogP contribution in [0.15, 0.2) is 16.8 Å². The average molecular weight is 252 g/mol. The number of hydrogen-bond acceptors (Lipinski definition) is 2. The summed E-state index contributed by atoms with van der Waals surface area (Å²) in [5, 5.41) is 15.3. The highest BCUT2D eigenvalue weighted by Crippen LogP contribution is 2.45. The Hall–Kier alpha value is -0.340. The number of thiophene rings is 1. The largest absolute Gasteiger partial charge is 0.389 e. The van der Waals surface area contributed by atoms with Crippen LogP contribution in [0.3, 0.4) is 0 Å². The lowest BCUT2D eigenvalue weighted by atomic mass is 9.62. The predicted molar refractivity (Wildman–Crippen MR) is 74.4 cm³/mol. The van der Waals surface area contributed by atoms with Crippen LogP contribution in [0, 0.1) is 11.3 Å². The summed E-state index contributed by atoms with van der Waals surface area (Å²) in [7, 11) is 0. The molecule has 17 heavy (non-hydrogen) atoms. The van der Waals surface area contributed by atoms with Crippen molar-refractivity contribution in [3.63, 3.8) is 0 Å². The molecule has 1 heterocycles. The van der Waals surface area contributed by atoms with Gasteiger partial charge in [0.15, 0.2) is 0 Å². The van der Waals surface area contributed by atoms with Crippen molar-refractivity contribution in [2.75, 3.05) is 0 Å². The topological polar surface area (TPSA) is 20.2 Å². The Labute approximate surface area is 109 Å². The molecule has 2 atom stereocenters. The quantitative estimate of drug-likeness (QED) is 0.834. The Kier molecular flexibility index (Phi) is 3.65. The summed E-state index contributed by atoms with van der Waals surface area (Å²) in [4.78, 5) is 0. The molecule has 1 aromatic heterocycles. The Morgan fingerprint density at radius 2 is 2.18 bits per heavy atom. The third-order valence-corrected chi connectivity index (χ3v) is 4.87. The van der Waals surface area contributed by atoms with Gasteiger partial charge < -0.3 is 5.11 Å². The minimum atomic E-state index is -0.489. The lowest BCUT2D eigenvalue weighted by Gasteiger charge is -2.47. The summed E-state index contributed by atoms with van der Waals surface area (Å²) in [6.07, 6.45) is 5.41. The zero-order valence-corrected chi connectivity index (χ0v) is 12.0. The van der Waals surface area contributed by atoms with E-state index in [1.54, 1.807) is 11.3 Å². The highest BCUT2D eigenvalue weighted by atomic mass is 32.1. The van der Waals surface area contributed by atoms with Crippen LogP contribution in [-0.2, 0) is 6.42 Å². The summed E-state index contributed by atoms with van der Waals surface area (Å²) in [6.45, 7) is 6.80. The molecule has 96 valence electrons. The smallest absolute Gasteiger partial charge is 0.0721 e. The van der Waals surface area contributed by atoms with Crippen molar-refractivity contribution in [2.45, 2.75) is 58.5 Å². The van der Waals surface area contributed by atoms with Gasteiger partial charge in [0.05, 0.1) is 5.60 Å². The molecular formula is C15H24OS. The minimum absolute atomic E-state index is 0.200. The van der Waals surface area contributed by atoms with Crippen molar-refractivity contribution in [3.05, 3.63) is 22.4 Å². The van der Waals surface area contributed by atoms with E-state index in [1.165, 1.54) is 24.8 Å². The molecule has 0 radical (unpaired) electrons. The standard InChI is InChI=1S/C15H24OS/c1-14(2,3)13-6-4-5-8-15(13,16)10-12-7-9-17-11-12/h7,9,11,13,16H,4-6,8,10H2,1-3H3. The third kappa shape index (κ3) is 2.92. The lowest BCUT2D eigenvalue weighted by molar-refractivity contribution is -0.0888. The molecule has 1 N–H and O–H groups in total. The van der Waals surface area contributed by atoms with Crippen LogP contribution in [0.1, 0.15) is 52.0 Å². The van der Waals surface area contributed by atoms with Crippen molar-refractivity contribution in [3.8, 4) is 0 Å². The molecule has 0 spiro atoms. The first-order valence-corrected chi connectivity index (χ1v) is 7.59. The summed E-state index contributed by atoms with van der Waals surface area (Å²) < 4.78 is 0. The first-order valence-electron chi connectivity index (χ1n) is 6.65. The van der Waals surface area contributed by atoms with E-state index in [0.29, 0.717) is 5.92 Å². The highest BCUT2D eigenvalue weighted by Gasteiger charge is 2.44. The molecule has 0 bridgehead atoms. The van der Waals surface area contributed by atoms with E-state index in [0.717, 1.165) is 12.8 Å². The maximum absolute atomic E-state index is 11.0. The third-order valence-electron chi connectivity index (χ3n) is 4.14. The van der Waals surface area contributed by atoms with Crippen LogP contribution in [0.25, 0.3) is 0 Å². The van der Waals surface area contributed by atoms with E-state index < -0.39 is 5.60 Å². The first kappa shape index (κ1) is 13.1. The second kappa shape index (κ2) is 4.74. The summed E-state index contributed by atoms with van der Waals surface area (Å²) in [6, 6.07) is 2.15. The van der Waals surface area contributed by atoms with Crippen molar-refractivity contribution in [1.82, 2.24) is 0 Å². The van der Waals surface area contributed by atoms with Gasteiger partial charge in [-0.25, -0.2) is 0 Å². The van der Waals surface area contributed by atoms with Crippen molar-refractivity contribution in [1.29, 1.82) is 0 Å². The maximum atomic E-state index is 11.0. The van der Waals surface area contributed by atoms with Crippen LogP contribution < -0.4 is 0 Å². The molecule has 2 unspecified atom stereocenters. The Morgan fingerprint density at radius 3 is 2.76 bits per heavy atom. The zero-order chi connectivity index (χ0) is 12.5. The molecule has 1 aliphatic rings. The van der Waals surface area contributed by atoms with Gasteiger partial charge in [0.1, 0.15) is 0 Å². The molecule has 1 nitrogen and oxygen atoms in total. The monoisotopic (exact) mass is 252 g/mol. The number of hydrogen-bond donors (Lipinski definition) is 1. The molecule has 2 rings (SSSR count). The average Bonchev–Trinajstić information content (AvgIpc) is 2.68.